The molecular weight excluding hydrogens is 248 g/mol. The van der Waals surface area contributed by atoms with Crippen LogP contribution in [0.5, 0.6) is 0 Å². The summed E-state index contributed by atoms with van der Waals surface area (Å²) in [6.07, 6.45) is 2.11. The molecule has 1 heterocycles. The number of benzene rings is 1. The quantitative estimate of drug-likeness (QED) is 0.919. The van der Waals surface area contributed by atoms with Crippen LogP contribution in [0.1, 0.15) is 42.5 Å². The van der Waals surface area contributed by atoms with E-state index in [1.807, 2.05) is 11.9 Å². The lowest BCUT2D eigenvalue weighted by molar-refractivity contribution is -0.136. The number of nitrogens with one attached hydrogen (secondary N) is 1. The van der Waals surface area contributed by atoms with Crippen molar-refractivity contribution in [3.05, 3.63) is 34.9 Å². The number of carbonyl (C=O) groups is 1. The second kappa shape index (κ2) is 6.40. The SMILES string of the molecule is Cc1ccc(C)c([C@H](C)N(C)C(=O)[C@H]2CCCNC2)c1. The Hall–Kier alpha value is -1.35. The molecule has 2 rings (SSSR count). The number of piperidine rings is 1. The van der Waals surface area contributed by atoms with Gasteiger partial charge >= 0.3 is 0 Å². The summed E-state index contributed by atoms with van der Waals surface area (Å²) in [6, 6.07) is 6.59. The molecule has 110 valence electrons. The normalized spacial score (nSPS) is 20.5. The van der Waals surface area contributed by atoms with Gasteiger partial charge in [0.05, 0.1) is 12.0 Å². The van der Waals surface area contributed by atoms with Crippen LogP contribution in [0.3, 0.4) is 0 Å². The fraction of sp³-hybridized carbons (Fsp3) is 0.588. The van der Waals surface area contributed by atoms with E-state index in [2.05, 4.69) is 44.3 Å². The molecule has 0 spiro atoms. The molecule has 3 nitrogen and oxygen atoms in total. The van der Waals surface area contributed by atoms with Gasteiger partial charge in [0.2, 0.25) is 5.91 Å². The van der Waals surface area contributed by atoms with E-state index in [0.29, 0.717) is 0 Å². The summed E-state index contributed by atoms with van der Waals surface area (Å²) in [6.45, 7) is 8.20. The van der Waals surface area contributed by atoms with E-state index in [0.717, 1.165) is 25.9 Å². The summed E-state index contributed by atoms with van der Waals surface area (Å²) in [5, 5.41) is 3.32. The zero-order valence-electron chi connectivity index (χ0n) is 13.1. The molecule has 0 aliphatic carbocycles. The van der Waals surface area contributed by atoms with Gasteiger partial charge in [-0.1, -0.05) is 23.8 Å². The zero-order chi connectivity index (χ0) is 14.7. The minimum absolute atomic E-state index is 0.129. The highest BCUT2D eigenvalue weighted by molar-refractivity contribution is 5.79. The fourth-order valence-electron chi connectivity index (χ4n) is 2.96. The minimum Gasteiger partial charge on any atom is -0.339 e. The molecule has 0 bridgehead atoms. The van der Waals surface area contributed by atoms with Gasteiger partial charge in [0.25, 0.3) is 0 Å². The van der Waals surface area contributed by atoms with Gasteiger partial charge in [0.15, 0.2) is 0 Å². The highest BCUT2D eigenvalue weighted by atomic mass is 16.2. The Kier molecular flexibility index (Phi) is 4.81. The van der Waals surface area contributed by atoms with Gasteiger partial charge in [-0.2, -0.15) is 0 Å². The number of rotatable bonds is 3. The van der Waals surface area contributed by atoms with Crippen molar-refractivity contribution in [2.75, 3.05) is 20.1 Å². The first-order valence-electron chi connectivity index (χ1n) is 7.55. The van der Waals surface area contributed by atoms with Crippen LogP contribution < -0.4 is 5.32 Å². The van der Waals surface area contributed by atoms with Crippen molar-refractivity contribution in [2.45, 2.75) is 39.7 Å². The summed E-state index contributed by atoms with van der Waals surface area (Å²) in [4.78, 5) is 14.5. The Morgan fingerprint density at radius 2 is 2.15 bits per heavy atom. The number of amides is 1. The average molecular weight is 274 g/mol. The molecule has 20 heavy (non-hydrogen) atoms. The molecule has 1 aromatic rings. The summed E-state index contributed by atoms with van der Waals surface area (Å²) < 4.78 is 0. The third kappa shape index (κ3) is 3.21. The molecule has 2 atom stereocenters. The van der Waals surface area contributed by atoms with Crippen LogP contribution in [0.2, 0.25) is 0 Å². The molecule has 1 saturated heterocycles. The Morgan fingerprint density at radius 1 is 1.40 bits per heavy atom. The van der Waals surface area contributed by atoms with Gasteiger partial charge < -0.3 is 10.2 Å². The molecule has 1 aliphatic heterocycles. The van der Waals surface area contributed by atoms with Crippen LogP contribution in [0.15, 0.2) is 18.2 Å². The van der Waals surface area contributed by atoms with Gasteiger partial charge in [-0.15, -0.1) is 0 Å². The largest absolute Gasteiger partial charge is 0.339 e. The maximum atomic E-state index is 12.6. The van der Waals surface area contributed by atoms with Crippen LogP contribution >= 0.6 is 0 Å². The van der Waals surface area contributed by atoms with E-state index in [-0.39, 0.29) is 17.9 Å². The molecule has 0 saturated carbocycles. The predicted octanol–water partition coefficient (Wildman–Crippen LogP) is 2.82. The number of aryl methyl sites for hydroxylation is 2. The Bertz CT molecular complexity index is 478. The standard InChI is InChI=1S/C17H26N2O/c1-12-7-8-13(2)16(10-12)14(3)19(4)17(20)15-6-5-9-18-11-15/h7-8,10,14-15,18H,5-6,9,11H2,1-4H3/t14-,15-/m0/s1. The van der Waals surface area contributed by atoms with E-state index in [9.17, 15) is 4.79 Å². The van der Waals surface area contributed by atoms with Crippen molar-refractivity contribution in [3.63, 3.8) is 0 Å². The van der Waals surface area contributed by atoms with E-state index in [1.165, 1.54) is 16.7 Å². The first-order valence-corrected chi connectivity index (χ1v) is 7.55. The van der Waals surface area contributed by atoms with Crippen molar-refractivity contribution in [1.29, 1.82) is 0 Å². The monoisotopic (exact) mass is 274 g/mol. The fourth-order valence-corrected chi connectivity index (χ4v) is 2.96. The molecule has 1 aromatic carbocycles. The van der Waals surface area contributed by atoms with Crippen LogP contribution in [0.4, 0.5) is 0 Å². The van der Waals surface area contributed by atoms with E-state index in [4.69, 9.17) is 0 Å². The summed E-state index contributed by atoms with van der Waals surface area (Å²) in [7, 11) is 1.93. The van der Waals surface area contributed by atoms with Gasteiger partial charge in [-0.05, 0) is 51.3 Å². The Balaban J connectivity index is 2.12. The van der Waals surface area contributed by atoms with Crippen LogP contribution in [0.25, 0.3) is 0 Å². The molecule has 1 amide bonds. The highest BCUT2D eigenvalue weighted by Crippen LogP contribution is 2.26. The first kappa shape index (κ1) is 15.0. The number of nitrogens with zero attached hydrogens (tertiary/aromatic N) is 1. The van der Waals surface area contributed by atoms with Gasteiger partial charge in [-0.25, -0.2) is 0 Å². The maximum absolute atomic E-state index is 12.6. The number of hydrogen-bond donors (Lipinski definition) is 1. The van der Waals surface area contributed by atoms with E-state index in [1.54, 1.807) is 0 Å². The summed E-state index contributed by atoms with van der Waals surface area (Å²) >= 11 is 0. The lowest BCUT2D eigenvalue weighted by Gasteiger charge is -2.32. The third-order valence-electron chi connectivity index (χ3n) is 4.46. The summed E-state index contributed by atoms with van der Waals surface area (Å²) in [5.74, 6) is 0.409. The molecular formula is C17H26N2O. The number of hydrogen-bond acceptors (Lipinski definition) is 2. The van der Waals surface area contributed by atoms with E-state index >= 15 is 0 Å². The van der Waals surface area contributed by atoms with Crippen molar-refractivity contribution >= 4 is 5.91 Å². The third-order valence-corrected chi connectivity index (χ3v) is 4.46. The molecule has 1 N–H and O–H groups in total. The Labute approximate surface area is 122 Å². The van der Waals surface area contributed by atoms with Crippen molar-refractivity contribution in [1.82, 2.24) is 10.2 Å². The molecule has 0 radical (unpaired) electrons. The second-order valence-corrected chi connectivity index (χ2v) is 6.03. The first-order chi connectivity index (χ1) is 9.50. The molecule has 0 unspecified atom stereocenters. The molecule has 0 aromatic heterocycles. The number of carbonyl (C=O) groups excluding carboxylic acids is 1. The van der Waals surface area contributed by atoms with Crippen LogP contribution in [-0.2, 0) is 4.79 Å². The zero-order valence-corrected chi connectivity index (χ0v) is 13.1. The molecule has 3 heteroatoms. The smallest absolute Gasteiger partial charge is 0.227 e. The lowest BCUT2D eigenvalue weighted by Crippen LogP contribution is -2.42. The summed E-state index contributed by atoms with van der Waals surface area (Å²) in [5.41, 5.74) is 3.76. The lowest BCUT2D eigenvalue weighted by atomic mass is 9.95. The van der Waals surface area contributed by atoms with Gasteiger partial charge in [0, 0.05) is 13.6 Å². The van der Waals surface area contributed by atoms with Crippen molar-refractivity contribution in [3.8, 4) is 0 Å². The molecule has 1 aliphatic rings. The maximum Gasteiger partial charge on any atom is 0.227 e. The van der Waals surface area contributed by atoms with E-state index < -0.39 is 0 Å². The van der Waals surface area contributed by atoms with Gasteiger partial charge in [-0.3, -0.25) is 4.79 Å². The average Bonchev–Trinajstić information content (AvgIpc) is 2.48. The topological polar surface area (TPSA) is 32.3 Å². The van der Waals surface area contributed by atoms with Gasteiger partial charge in [0.1, 0.15) is 0 Å². The Morgan fingerprint density at radius 3 is 2.80 bits per heavy atom. The van der Waals surface area contributed by atoms with Crippen LogP contribution in [0, 0.1) is 19.8 Å². The minimum atomic E-state index is 0.129. The predicted molar refractivity (Wildman–Crippen MR) is 82.7 cm³/mol. The second-order valence-electron chi connectivity index (χ2n) is 6.03. The van der Waals surface area contributed by atoms with Crippen molar-refractivity contribution < 1.29 is 4.79 Å². The van der Waals surface area contributed by atoms with Crippen LogP contribution in [-0.4, -0.2) is 30.9 Å². The highest BCUT2D eigenvalue weighted by Gasteiger charge is 2.27. The van der Waals surface area contributed by atoms with Crippen molar-refractivity contribution in [2.24, 2.45) is 5.92 Å². The molecule has 1 fully saturated rings.